The third kappa shape index (κ3) is 3.27. The Morgan fingerprint density at radius 1 is 1.12 bits per heavy atom. The number of piperidine rings is 1. The van der Waals surface area contributed by atoms with Crippen LogP contribution in [0.3, 0.4) is 0 Å². The molecule has 0 saturated carbocycles. The molecular formula is C22H26N8O2. The average molecular weight is 435 g/mol. The van der Waals surface area contributed by atoms with Crippen LogP contribution in [0.1, 0.15) is 25.5 Å². The van der Waals surface area contributed by atoms with Crippen molar-refractivity contribution < 1.29 is 0 Å². The van der Waals surface area contributed by atoms with E-state index in [1.54, 1.807) is 19.3 Å². The van der Waals surface area contributed by atoms with E-state index in [0.29, 0.717) is 35.9 Å². The zero-order valence-electron chi connectivity index (χ0n) is 18.2. The fourth-order valence-electron chi connectivity index (χ4n) is 4.48. The molecule has 1 fully saturated rings. The van der Waals surface area contributed by atoms with Crippen LogP contribution in [-0.2, 0) is 20.1 Å². The molecule has 1 atom stereocenters. The molecule has 0 aliphatic carbocycles. The monoisotopic (exact) mass is 434 g/mol. The van der Waals surface area contributed by atoms with Crippen LogP contribution in [0.25, 0.3) is 22.2 Å². The zero-order chi connectivity index (χ0) is 22.4. The van der Waals surface area contributed by atoms with Crippen LogP contribution in [-0.4, -0.2) is 47.8 Å². The Morgan fingerprint density at radius 2 is 1.97 bits per heavy atom. The highest BCUT2D eigenvalue weighted by molar-refractivity contribution is 5.75. The van der Waals surface area contributed by atoms with E-state index in [0.717, 1.165) is 30.4 Å². The van der Waals surface area contributed by atoms with E-state index in [4.69, 9.17) is 10.7 Å². The first-order chi connectivity index (χ1) is 15.5. The van der Waals surface area contributed by atoms with Gasteiger partial charge in [0.2, 0.25) is 5.95 Å². The summed E-state index contributed by atoms with van der Waals surface area (Å²) in [6, 6.07) is 7.38. The van der Waals surface area contributed by atoms with Gasteiger partial charge in [0, 0.05) is 38.9 Å². The molecule has 0 spiro atoms. The topological polar surface area (TPSA) is 117 Å². The average Bonchev–Trinajstić information content (AvgIpc) is 3.20. The smallest absolute Gasteiger partial charge is 0.332 e. The highest BCUT2D eigenvalue weighted by Crippen LogP contribution is 2.22. The second-order valence-corrected chi connectivity index (χ2v) is 8.25. The number of pyridine rings is 2. The number of hydrogen-bond donors (Lipinski definition) is 1. The zero-order valence-corrected chi connectivity index (χ0v) is 18.2. The molecule has 0 aromatic carbocycles. The lowest BCUT2D eigenvalue weighted by molar-refractivity contribution is 0.494. The van der Waals surface area contributed by atoms with Crippen LogP contribution in [0.4, 0.5) is 5.95 Å². The predicted molar refractivity (Wildman–Crippen MR) is 123 cm³/mol. The summed E-state index contributed by atoms with van der Waals surface area (Å²) in [7, 11) is 1.65. The van der Waals surface area contributed by atoms with E-state index in [-0.39, 0.29) is 18.1 Å². The van der Waals surface area contributed by atoms with E-state index in [1.165, 1.54) is 9.13 Å². The van der Waals surface area contributed by atoms with Gasteiger partial charge in [-0.25, -0.2) is 9.78 Å². The largest absolute Gasteiger partial charge is 0.341 e. The van der Waals surface area contributed by atoms with Gasteiger partial charge >= 0.3 is 5.69 Å². The van der Waals surface area contributed by atoms with Crippen molar-refractivity contribution in [2.24, 2.45) is 12.8 Å². The molecule has 4 aromatic rings. The first kappa shape index (κ1) is 20.4. The van der Waals surface area contributed by atoms with Crippen molar-refractivity contribution in [2.75, 3.05) is 18.0 Å². The Labute approximate surface area is 183 Å². The van der Waals surface area contributed by atoms with Crippen LogP contribution in [0.5, 0.6) is 0 Å². The molecule has 10 heteroatoms. The molecule has 1 saturated heterocycles. The van der Waals surface area contributed by atoms with Gasteiger partial charge in [0.15, 0.2) is 11.2 Å². The van der Waals surface area contributed by atoms with Gasteiger partial charge in [-0.15, -0.1) is 0 Å². The Morgan fingerprint density at radius 3 is 2.75 bits per heavy atom. The lowest BCUT2D eigenvalue weighted by Crippen LogP contribution is -2.44. The van der Waals surface area contributed by atoms with Crippen molar-refractivity contribution in [2.45, 2.75) is 38.9 Å². The molecule has 5 rings (SSSR count). The first-order valence-electron chi connectivity index (χ1n) is 10.9. The van der Waals surface area contributed by atoms with Gasteiger partial charge in [0.25, 0.3) is 5.56 Å². The van der Waals surface area contributed by atoms with Crippen molar-refractivity contribution in [1.29, 1.82) is 0 Å². The molecular weight excluding hydrogens is 408 g/mol. The highest BCUT2D eigenvalue weighted by atomic mass is 16.2. The van der Waals surface area contributed by atoms with Gasteiger partial charge in [-0.1, -0.05) is 0 Å². The fraction of sp³-hybridized carbons (Fsp3) is 0.409. The van der Waals surface area contributed by atoms with Gasteiger partial charge in [-0.3, -0.25) is 18.9 Å². The molecule has 0 amide bonds. The van der Waals surface area contributed by atoms with E-state index in [1.807, 2.05) is 29.7 Å². The van der Waals surface area contributed by atoms with Gasteiger partial charge in [-0.2, -0.15) is 4.98 Å². The Hall–Kier alpha value is -3.53. The van der Waals surface area contributed by atoms with Crippen molar-refractivity contribution >= 4 is 28.1 Å². The number of aryl methyl sites for hydroxylation is 2. The minimum absolute atomic E-state index is 0.0720. The molecule has 1 aliphatic heterocycles. The summed E-state index contributed by atoms with van der Waals surface area (Å²) in [6.07, 6.45) is 3.65. The molecule has 0 radical (unpaired) electrons. The lowest BCUT2D eigenvalue weighted by Gasteiger charge is -2.31. The minimum Gasteiger partial charge on any atom is -0.341 e. The van der Waals surface area contributed by atoms with E-state index >= 15 is 0 Å². The molecule has 1 aliphatic rings. The quantitative estimate of drug-likeness (QED) is 0.506. The number of nitrogens with zero attached hydrogens (tertiary/aromatic N) is 7. The molecule has 4 aromatic heterocycles. The number of rotatable bonds is 4. The number of anilines is 1. The number of hydrogen-bond acceptors (Lipinski definition) is 7. The minimum atomic E-state index is -0.418. The second kappa shape index (κ2) is 7.86. The van der Waals surface area contributed by atoms with Crippen LogP contribution in [0.15, 0.2) is 40.1 Å². The second-order valence-electron chi connectivity index (χ2n) is 8.25. The van der Waals surface area contributed by atoms with Crippen LogP contribution < -0.4 is 21.9 Å². The van der Waals surface area contributed by atoms with Crippen LogP contribution >= 0.6 is 0 Å². The number of aromatic nitrogens is 6. The SMILES string of the molecule is CCn1c(N2CCC[C@@H](N)C2)nc2c1c(=O)n(Cc1ccc3ncccc3n1)c(=O)n2C. The predicted octanol–water partition coefficient (Wildman–Crippen LogP) is 0.836. The fourth-order valence-corrected chi connectivity index (χ4v) is 4.48. The van der Waals surface area contributed by atoms with Crippen LogP contribution in [0, 0.1) is 0 Å². The Kier molecular flexibility index (Phi) is 5.01. The standard InChI is InChI=1S/C22H26N8O2/c1-3-29-18-19(26-21(29)28-11-5-6-14(23)12-28)27(2)22(32)30(20(18)31)13-15-8-9-16-17(25-15)7-4-10-24-16/h4,7-10,14H,3,5-6,11-13,23H2,1-2H3/t14-/m1/s1. The summed E-state index contributed by atoms with van der Waals surface area (Å²) in [5, 5.41) is 0. The van der Waals surface area contributed by atoms with E-state index in [2.05, 4.69) is 14.9 Å². The molecule has 0 bridgehead atoms. The third-order valence-corrected chi connectivity index (χ3v) is 6.10. The maximum Gasteiger partial charge on any atom is 0.332 e. The summed E-state index contributed by atoms with van der Waals surface area (Å²) in [4.78, 5) is 42.3. The lowest BCUT2D eigenvalue weighted by atomic mass is 10.1. The van der Waals surface area contributed by atoms with Crippen molar-refractivity contribution in [1.82, 2.24) is 28.7 Å². The highest BCUT2D eigenvalue weighted by Gasteiger charge is 2.25. The normalized spacial score (nSPS) is 16.8. The third-order valence-electron chi connectivity index (χ3n) is 6.10. The number of imidazole rings is 1. The van der Waals surface area contributed by atoms with Gasteiger partial charge in [0.1, 0.15) is 0 Å². The molecule has 2 N–H and O–H groups in total. The maximum atomic E-state index is 13.5. The molecule has 166 valence electrons. The van der Waals surface area contributed by atoms with Gasteiger partial charge in [-0.05, 0) is 44.0 Å². The Balaban J connectivity index is 1.65. The first-order valence-corrected chi connectivity index (χ1v) is 10.9. The van der Waals surface area contributed by atoms with Gasteiger partial charge in [0.05, 0.1) is 23.3 Å². The van der Waals surface area contributed by atoms with Crippen LogP contribution in [0.2, 0.25) is 0 Å². The maximum absolute atomic E-state index is 13.5. The number of fused-ring (bicyclic) bond motifs is 2. The van der Waals surface area contributed by atoms with E-state index < -0.39 is 5.69 Å². The summed E-state index contributed by atoms with van der Waals surface area (Å²) in [5.74, 6) is 0.692. The molecule has 32 heavy (non-hydrogen) atoms. The summed E-state index contributed by atoms with van der Waals surface area (Å²) >= 11 is 0. The van der Waals surface area contributed by atoms with E-state index in [9.17, 15) is 9.59 Å². The van der Waals surface area contributed by atoms with Crippen molar-refractivity contribution in [3.8, 4) is 0 Å². The molecule has 0 unspecified atom stereocenters. The van der Waals surface area contributed by atoms with Gasteiger partial charge < -0.3 is 15.2 Å². The summed E-state index contributed by atoms with van der Waals surface area (Å²) < 4.78 is 4.56. The number of nitrogens with two attached hydrogens (primary N) is 1. The Bertz CT molecular complexity index is 1430. The molecule has 10 nitrogen and oxygen atoms in total. The summed E-state index contributed by atoms with van der Waals surface area (Å²) in [5.41, 5.74) is 8.31. The van der Waals surface area contributed by atoms with Crippen molar-refractivity contribution in [3.05, 3.63) is 57.0 Å². The van der Waals surface area contributed by atoms with Crippen molar-refractivity contribution in [3.63, 3.8) is 0 Å². The molecule has 5 heterocycles. The summed E-state index contributed by atoms with van der Waals surface area (Å²) in [6.45, 7) is 4.12.